The largest absolute Gasteiger partial charge is 0.423 e. The Labute approximate surface area is 139 Å². The fourth-order valence-electron chi connectivity index (χ4n) is 1.83. The second-order valence-electron chi connectivity index (χ2n) is 5.03. The third-order valence-corrected chi connectivity index (χ3v) is 3.92. The minimum absolute atomic E-state index is 0.108. The molecule has 0 aliphatic heterocycles. The molecule has 0 aliphatic carbocycles. The normalized spacial score (nSPS) is 10.9. The summed E-state index contributed by atoms with van der Waals surface area (Å²) in [7, 11) is -4.39. The molecule has 7 heteroatoms. The monoisotopic (exact) mass is 346 g/mol. The van der Waals surface area contributed by atoms with Gasteiger partial charge in [0.25, 0.3) is 10.1 Å². The molecule has 2 aromatic carbocycles. The molecular weight excluding hydrogens is 332 g/mol. The number of hydrogen-bond acceptors (Lipinski definition) is 5. The SMILES string of the molecule is C=C(C)C(=O)Oc1ccc(C(=O)c2cccc(S(=O)(=O)O)c2)cc1. The van der Waals surface area contributed by atoms with Gasteiger partial charge in [0.1, 0.15) is 5.75 Å². The summed E-state index contributed by atoms with van der Waals surface area (Å²) in [5.74, 6) is -0.751. The average molecular weight is 346 g/mol. The molecule has 0 unspecified atom stereocenters. The molecule has 0 heterocycles. The van der Waals surface area contributed by atoms with Gasteiger partial charge in [0.05, 0.1) is 4.90 Å². The van der Waals surface area contributed by atoms with E-state index in [1.165, 1.54) is 49.4 Å². The Morgan fingerprint density at radius 3 is 2.21 bits per heavy atom. The first kappa shape index (κ1) is 17.6. The van der Waals surface area contributed by atoms with Gasteiger partial charge in [0.15, 0.2) is 5.78 Å². The summed E-state index contributed by atoms with van der Waals surface area (Å²) in [5.41, 5.74) is 0.631. The maximum atomic E-state index is 12.4. The van der Waals surface area contributed by atoms with Crippen molar-refractivity contribution in [3.8, 4) is 5.75 Å². The molecule has 0 aromatic heterocycles. The minimum Gasteiger partial charge on any atom is -0.423 e. The smallest absolute Gasteiger partial charge is 0.338 e. The molecule has 0 bridgehead atoms. The first-order chi connectivity index (χ1) is 11.2. The first-order valence-electron chi connectivity index (χ1n) is 6.78. The van der Waals surface area contributed by atoms with Crippen LogP contribution in [-0.4, -0.2) is 24.7 Å². The molecule has 24 heavy (non-hydrogen) atoms. The lowest BCUT2D eigenvalue weighted by Crippen LogP contribution is -2.08. The molecule has 1 N–H and O–H groups in total. The summed E-state index contributed by atoms with van der Waals surface area (Å²) < 4.78 is 36.3. The van der Waals surface area contributed by atoms with Crippen molar-refractivity contribution in [2.45, 2.75) is 11.8 Å². The number of carbonyl (C=O) groups is 2. The van der Waals surface area contributed by atoms with Crippen LogP contribution in [0, 0.1) is 0 Å². The van der Waals surface area contributed by atoms with Gasteiger partial charge < -0.3 is 4.74 Å². The summed E-state index contributed by atoms with van der Waals surface area (Å²) >= 11 is 0. The van der Waals surface area contributed by atoms with Crippen LogP contribution >= 0.6 is 0 Å². The zero-order chi connectivity index (χ0) is 17.9. The molecule has 124 valence electrons. The number of carbonyl (C=O) groups excluding carboxylic acids is 2. The van der Waals surface area contributed by atoms with E-state index in [1.807, 2.05) is 0 Å². The van der Waals surface area contributed by atoms with Gasteiger partial charge in [0.2, 0.25) is 0 Å². The number of rotatable bonds is 5. The van der Waals surface area contributed by atoms with Crippen LogP contribution in [0.15, 0.2) is 65.6 Å². The van der Waals surface area contributed by atoms with Crippen LogP contribution in [0.5, 0.6) is 5.75 Å². The van der Waals surface area contributed by atoms with E-state index in [0.717, 1.165) is 6.07 Å². The molecule has 6 nitrogen and oxygen atoms in total. The van der Waals surface area contributed by atoms with E-state index in [9.17, 15) is 18.0 Å². The second kappa shape index (κ2) is 6.77. The quantitative estimate of drug-likeness (QED) is 0.294. The first-order valence-corrected chi connectivity index (χ1v) is 8.22. The van der Waals surface area contributed by atoms with Crippen LogP contribution in [0.4, 0.5) is 0 Å². The average Bonchev–Trinajstić information content (AvgIpc) is 2.54. The number of ketones is 1. The third-order valence-electron chi connectivity index (χ3n) is 3.07. The summed E-state index contributed by atoms with van der Waals surface area (Å²) in [4.78, 5) is 23.4. The van der Waals surface area contributed by atoms with Crippen molar-refractivity contribution in [1.82, 2.24) is 0 Å². The third kappa shape index (κ3) is 4.15. The standard InChI is InChI=1S/C17H14O6S/c1-11(2)17(19)23-14-8-6-12(7-9-14)16(18)13-4-3-5-15(10-13)24(20,21)22/h3-10H,1H2,2H3,(H,20,21,22). The van der Waals surface area contributed by atoms with Crippen LogP contribution in [0.1, 0.15) is 22.8 Å². The van der Waals surface area contributed by atoms with Crippen molar-refractivity contribution < 1.29 is 27.3 Å². The molecule has 2 aromatic rings. The van der Waals surface area contributed by atoms with Gasteiger partial charge in [0, 0.05) is 16.7 Å². The summed E-state index contributed by atoms with van der Waals surface area (Å²) in [6.07, 6.45) is 0. The molecular formula is C17H14O6S. The molecule has 0 radical (unpaired) electrons. The van der Waals surface area contributed by atoms with E-state index in [4.69, 9.17) is 9.29 Å². The van der Waals surface area contributed by atoms with Gasteiger partial charge in [-0.05, 0) is 43.3 Å². The van der Waals surface area contributed by atoms with E-state index in [-0.39, 0.29) is 27.3 Å². The molecule has 0 atom stereocenters. The van der Waals surface area contributed by atoms with Crippen molar-refractivity contribution >= 4 is 21.9 Å². The van der Waals surface area contributed by atoms with E-state index >= 15 is 0 Å². The molecule has 0 saturated carbocycles. The van der Waals surface area contributed by atoms with Gasteiger partial charge in [-0.25, -0.2) is 4.79 Å². The van der Waals surface area contributed by atoms with Crippen molar-refractivity contribution in [2.24, 2.45) is 0 Å². The Balaban J connectivity index is 2.25. The lowest BCUT2D eigenvalue weighted by Gasteiger charge is -2.06. The lowest BCUT2D eigenvalue weighted by molar-refractivity contribution is -0.130. The summed E-state index contributed by atoms with van der Waals surface area (Å²) in [6, 6.07) is 10.9. The number of ether oxygens (including phenoxy) is 1. The van der Waals surface area contributed by atoms with Crippen molar-refractivity contribution in [1.29, 1.82) is 0 Å². The fourth-order valence-corrected chi connectivity index (χ4v) is 2.36. The summed E-state index contributed by atoms with van der Waals surface area (Å²) in [6.45, 7) is 4.98. The Hall–Kier alpha value is -2.77. The highest BCUT2D eigenvalue weighted by atomic mass is 32.2. The number of benzene rings is 2. The Morgan fingerprint density at radius 2 is 1.67 bits per heavy atom. The number of hydrogen-bond donors (Lipinski definition) is 1. The molecule has 0 aliphatic rings. The van der Waals surface area contributed by atoms with Crippen LogP contribution in [-0.2, 0) is 14.9 Å². The van der Waals surface area contributed by atoms with Crippen LogP contribution in [0.2, 0.25) is 0 Å². The molecule has 0 saturated heterocycles. The van der Waals surface area contributed by atoms with E-state index in [1.54, 1.807) is 0 Å². The number of esters is 1. The zero-order valence-corrected chi connectivity index (χ0v) is 13.5. The van der Waals surface area contributed by atoms with Gasteiger partial charge in [-0.2, -0.15) is 8.42 Å². The van der Waals surface area contributed by atoms with Gasteiger partial charge >= 0.3 is 5.97 Å². The van der Waals surface area contributed by atoms with E-state index in [2.05, 4.69) is 6.58 Å². The van der Waals surface area contributed by atoms with Crippen LogP contribution in [0.25, 0.3) is 0 Å². The minimum atomic E-state index is -4.39. The van der Waals surface area contributed by atoms with Gasteiger partial charge in [-0.1, -0.05) is 18.7 Å². The highest BCUT2D eigenvalue weighted by Gasteiger charge is 2.15. The van der Waals surface area contributed by atoms with Crippen molar-refractivity contribution in [2.75, 3.05) is 0 Å². The Morgan fingerprint density at radius 1 is 1.04 bits per heavy atom. The molecule has 0 amide bonds. The zero-order valence-electron chi connectivity index (χ0n) is 12.7. The maximum Gasteiger partial charge on any atom is 0.338 e. The predicted molar refractivity (Wildman–Crippen MR) is 86.6 cm³/mol. The second-order valence-corrected chi connectivity index (χ2v) is 6.45. The molecule has 2 rings (SSSR count). The van der Waals surface area contributed by atoms with Gasteiger partial charge in [-0.3, -0.25) is 9.35 Å². The maximum absolute atomic E-state index is 12.4. The van der Waals surface area contributed by atoms with Crippen LogP contribution < -0.4 is 4.74 Å². The van der Waals surface area contributed by atoms with Crippen molar-refractivity contribution in [3.05, 3.63) is 71.8 Å². The summed E-state index contributed by atoms with van der Waals surface area (Å²) in [5, 5.41) is 0. The fraction of sp³-hybridized carbons (Fsp3) is 0.0588. The van der Waals surface area contributed by atoms with E-state index < -0.39 is 21.9 Å². The van der Waals surface area contributed by atoms with Crippen molar-refractivity contribution in [3.63, 3.8) is 0 Å². The Kier molecular flexibility index (Phi) is 4.96. The lowest BCUT2D eigenvalue weighted by atomic mass is 10.0. The van der Waals surface area contributed by atoms with Crippen LogP contribution in [0.3, 0.4) is 0 Å². The molecule has 0 spiro atoms. The highest BCUT2D eigenvalue weighted by molar-refractivity contribution is 7.85. The highest BCUT2D eigenvalue weighted by Crippen LogP contribution is 2.18. The molecule has 0 fully saturated rings. The van der Waals surface area contributed by atoms with Gasteiger partial charge in [-0.15, -0.1) is 0 Å². The topological polar surface area (TPSA) is 97.7 Å². The Bertz CT molecular complexity index is 910. The van der Waals surface area contributed by atoms with E-state index in [0.29, 0.717) is 0 Å². The predicted octanol–water partition coefficient (Wildman–Crippen LogP) is 2.65.